The van der Waals surface area contributed by atoms with E-state index in [0.717, 1.165) is 37.1 Å². The van der Waals surface area contributed by atoms with Crippen molar-refractivity contribution in [3.63, 3.8) is 0 Å². The van der Waals surface area contributed by atoms with Gasteiger partial charge < -0.3 is 10.2 Å². The van der Waals surface area contributed by atoms with Crippen molar-refractivity contribution in [3.8, 4) is 17.0 Å². The number of aliphatic hydroxyl groups is 1. The van der Waals surface area contributed by atoms with E-state index < -0.39 is 23.1 Å². The van der Waals surface area contributed by atoms with E-state index in [2.05, 4.69) is 10.1 Å². The van der Waals surface area contributed by atoms with Gasteiger partial charge in [0.25, 0.3) is 0 Å². The second-order valence-electron chi connectivity index (χ2n) is 7.55. The number of rotatable bonds is 3. The highest BCUT2D eigenvalue weighted by Crippen LogP contribution is 2.39. The first-order valence-corrected chi connectivity index (χ1v) is 9.12. The smallest absolute Gasteiger partial charge is 0.416 e. The van der Waals surface area contributed by atoms with Gasteiger partial charge in [-0.15, -0.1) is 0 Å². The summed E-state index contributed by atoms with van der Waals surface area (Å²) < 4.78 is 40.5. The van der Waals surface area contributed by atoms with Crippen molar-refractivity contribution in [2.75, 3.05) is 0 Å². The summed E-state index contributed by atoms with van der Waals surface area (Å²) in [6.07, 6.45) is 0.721. The molecular weight excluding hydrogens is 371 g/mol. The Hall–Kier alpha value is -2.61. The van der Waals surface area contributed by atoms with Gasteiger partial charge in [0.05, 0.1) is 23.4 Å². The van der Waals surface area contributed by atoms with Gasteiger partial charge in [0.2, 0.25) is 0 Å². The maximum atomic E-state index is 12.9. The number of benzene rings is 1. The summed E-state index contributed by atoms with van der Waals surface area (Å²) >= 11 is 0. The maximum absolute atomic E-state index is 12.9. The molecule has 1 aliphatic rings. The number of alkyl halides is 3. The van der Waals surface area contributed by atoms with Gasteiger partial charge >= 0.3 is 6.18 Å². The molecule has 0 aliphatic heterocycles. The average molecular weight is 391 g/mol. The van der Waals surface area contributed by atoms with Crippen LogP contribution in [-0.2, 0) is 12.7 Å². The van der Waals surface area contributed by atoms with Crippen molar-refractivity contribution in [2.45, 2.75) is 50.9 Å². The van der Waals surface area contributed by atoms with E-state index in [-0.39, 0.29) is 11.1 Å². The standard InChI is InChI=1S/C20H20F3N3O2/c1-12-8-14(20(21,22)23)9-16(27)17(12)15-5-4-13-10-26(25-18(13)24-15)11-19(28)6-2-3-7-19/h4-5,8-10,27-28H,2-3,6-7,11H2,1H3. The number of hydrogen-bond donors (Lipinski definition) is 2. The normalized spacial score (nSPS) is 16.8. The number of pyridine rings is 1. The molecule has 0 amide bonds. The summed E-state index contributed by atoms with van der Waals surface area (Å²) in [4.78, 5) is 4.42. The number of halogens is 3. The Kier molecular flexibility index (Phi) is 4.33. The first-order valence-electron chi connectivity index (χ1n) is 9.12. The van der Waals surface area contributed by atoms with E-state index in [0.29, 0.717) is 24.0 Å². The van der Waals surface area contributed by atoms with Crippen molar-refractivity contribution >= 4 is 11.0 Å². The summed E-state index contributed by atoms with van der Waals surface area (Å²) in [7, 11) is 0. The Morgan fingerprint density at radius 2 is 1.89 bits per heavy atom. The molecule has 5 nitrogen and oxygen atoms in total. The van der Waals surface area contributed by atoms with Gasteiger partial charge in [-0.25, -0.2) is 4.98 Å². The average Bonchev–Trinajstić information content (AvgIpc) is 3.18. The van der Waals surface area contributed by atoms with Crippen LogP contribution >= 0.6 is 0 Å². The van der Waals surface area contributed by atoms with Crippen LogP contribution in [0.15, 0.2) is 30.5 Å². The zero-order chi connectivity index (χ0) is 20.1. The number of aryl methyl sites for hydroxylation is 1. The molecule has 0 saturated heterocycles. The molecule has 1 fully saturated rings. The Balaban J connectivity index is 1.70. The SMILES string of the molecule is Cc1cc(C(F)(F)F)cc(O)c1-c1ccc2cn(CC3(O)CCCC3)nc2n1. The summed E-state index contributed by atoms with van der Waals surface area (Å²) in [6, 6.07) is 5.11. The molecule has 2 N–H and O–H groups in total. The van der Waals surface area contributed by atoms with Crippen molar-refractivity contribution in [2.24, 2.45) is 0 Å². The summed E-state index contributed by atoms with van der Waals surface area (Å²) in [5, 5.41) is 25.9. The highest BCUT2D eigenvalue weighted by atomic mass is 19.4. The van der Waals surface area contributed by atoms with Crippen LogP contribution < -0.4 is 0 Å². The predicted octanol–water partition coefficient (Wildman–Crippen LogP) is 4.44. The van der Waals surface area contributed by atoms with E-state index in [1.54, 1.807) is 23.0 Å². The Morgan fingerprint density at radius 1 is 1.18 bits per heavy atom. The van der Waals surface area contributed by atoms with Gasteiger partial charge in [-0.05, 0) is 49.6 Å². The van der Waals surface area contributed by atoms with Gasteiger partial charge in [-0.1, -0.05) is 12.8 Å². The number of hydrogen-bond acceptors (Lipinski definition) is 4. The van der Waals surface area contributed by atoms with Crippen LogP contribution in [0.5, 0.6) is 5.75 Å². The van der Waals surface area contributed by atoms with Crippen LogP contribution in [0.3, 0.4) is 0 Å². The summed E-state index contributed by atoms with van der Waals surface area (Å²) in [5.74, 6) is -0.473. The van der Waals surface area contributed by atoms with Crippen molar-refractivity contribution < 1.29 is 23.4 Å². The molecule has 28 heavy (non-hydrogen) atoms. The van der Waals surface area contributed by atoms with E-state index >= 15 is 0 Å². The minimum absolute atomic E-state index is 0.249. The lowest BCUT2D eigenvalue weighted by Crippen LogP contribution is -2.30. The fourth-order valence-electron chi connectivity index (χ4n) is 3.93. The molecule has 148 valence electrons. The van der Waals surface area contributed by atoms with Crippen LogP contribution in [0.2, 0.25) is 0 Å². The molecule has 4 rings (SSSR count). The molecule has 0 unspecified atom stereocenters. The van der Waals surface area contributed by atoms with Gasteiger partial charge in [-0.2, -0.15) is 18.3 Å². The highest BCUT2D eigenvalue weighted by molar-refractivity contribution is 5.80. The van der Waals surface area contributed by atoms with Crippen molar-refractivity contribution in [1.29, 1.82) is 0 Å². The molecule has 0 bridgehead atoms. The number of fused-ring (bicyclic) bond motifs is 1. The molecular formula is C20H20F3N3O2. The number of aromatic nitrogens is 3. The minimum atomic E-state index is -4.53. The third-order valence-corrected chi connectivity index (χ3v) is 5.31. The second-order valence-corrected chi connectivity index (χ2v) is 7.55. The van der Waals surface area contributed by atoms with Crippen LogP contribution in [-0.4, -0.2) is 30.6 Å². The minimum Gasteiger partial charge on any atom is -0.507 e. The van der Waals surface area contributed by atoms with Crippen LogP contribution in [0.1, 0.15) is 36.8 Å². The molecule has 2 aromatic heterocycles. The van der Waals surface area contributed by atoms with E-state index in [1.807, 2.05) is 0 Å². The molecule has 2 heterocycles. The lowest BCUT2D eigenvalue weighted by atomic mass is 10.00. The summed E-state index contributed by atoms with van der Waals surface area (Å²) in [5.41, 5.74) is -0.370. The van der Waals surface area contributed by atoms with Gasteiger partial charge in [0.15, 0.2) is 5.65 Å². The Morgan fingerprint density at radius 3 is 2.54 bits per heavy atom. The maximum Gasteiger partial charge on any atom is 0.416 e. The van der Waals surface area contributed by atoms with Crippen molar-refractivity contribution in [3.05, 3.63) is 41.6 Å². The molecule has 1 saturated carbocycles. The molecule has 0 atom stereocenters. The lowest BCUT2D eigenvalue weighted by molar-refractivity contribution is -0.137. The van der Waals surface area contributed by atoms with Crippen LogP contribution in [0.25, 0.3) is 22.3 Å². The third-order valence-electron chi connectivity index (χ3n) is 5.31. The predicted molar refractivity (Wildman–Crippen MR) is 97.8 cm³/mol. The van der Waals surface area contributed by atoms with Crippen LogP contribution in [0.4, 0.5) is 13.2 Å². The van der Waals surface area contributed by atoms with E-state index in [1.165, 1.54) is 6.92 Å². The largest absolute Gasteiger partial charge is 0.507 e. The zero-order valence-corrected chi connectivity index (χ0v) is 15.3. The molecule has 8 heteroatoms. The van der Waals surface area contributed by atoms with Crippen molar-refractivity contribution in [1.82, 2.24) is 14.8 Å². The first-order chi connectivity index (χ1) is 13.1. The molecule has 1 aromatic carbocycles. The number of aromatic hydroxyl groups is 1. The van der Waals surface area contributed by atoms with Gasteiger partial charge in [-0.3, -0.25) is 4.68 Å². The topological polar surface area (TPSA) is 71.2 Å². The first kappa shape index (κ1) is 18.7. The Labute approximate surface area is 159 Å². The number of phenolic OH excluding ortho intramolecular Hbond substituents is 1. The second kappa shape index (κ2) is 6.48. The molecule has 0 radical (unpaired) electrons. The quantitative estimate of drug-likeness (QED) is 0.693. The molecule has 3 aromatic rings. The number of nitrogens with zero attached hydrogens (tertiary/aromatic N) is 3. The lowest BCUT2D eigenvalue weighted by Gasteiger charge is -2.21. The van der Waals surface area contributed by atoms with Gasteiger partial charge in [0, 0.05) is 17.1 Å². The number of phenols is 1. The van der Waals surface area contributed by atoms with E-state index in [4.69, 9.17) is 0 Å². The van der Waals surface area contributed by atoms with Gasteiger partial charge in [0.1, 0.15) is 5.75 Å². The molecule has 1 aliphatic carbocycles. The Bertz CT molecular complexity index is 1010. The summed E-state index contributed by atoms with van der Waals surface area (Å²) in [6.45, 7) is 1.88. The third kappa shape index (κ3) is 3.44. The molecule has 0 spiro atoms. The highest BCUT2D eigenvalue weighted by Gasteiger charge is 2.33. The zero-order valence-electron chi connectivity index (χ0n) is 15.3. The monoisotopic (exact) mass is 391 g/mol. The van der Waals surface area contributed by atoms with Crippen LogP contribution in [0, 0.1) is 6.92 Å². The fraction of sp³-hybridized carbons (Fsp3) is 0.400. The van der Waals surface area contributed by atoms with E-state index in [9.17, 15) is 23.4 Å². The fourth-order valence-corrected chi connectivity index (χ4v) is 3.93.